The summed E-state index contributed by atoms with van der Waals surface area (Å²) in [7, 11) is 0. The number of ether oxygens (including phenoxy) is 1. The molecular weight excluding hydrogens is 400 g/mol. The van der Waals surface area contributed by atoms with Crippen molar-refractivity contribution < 1.29 is 4.74 Å². The Morgan fingerprint density at radius 3 is 2.90 bits per heavy atom. The van der Waals surface area contributed by atoms with Crippen LogP contribution in [-0.2, 0) is 23.1 Å². The van der Waals surface area contributed by atoms with Gasteiger partial charge >= 0.3 is 0 Å². The third-order valence-corrected chi connectivity index (χ3v) is 6.41. The van der Waals surface area contributed by atoms with E-state index in [1.165, 1.54) is 5.56 Å². The second kappa shape index (κ2) is 9.35. The van der Waals surface area contributed by atoms with Gasteiger partial charge in [-0.2, -0.15) is 5.10 Å². The standard InChI is InChI=1S/C22H31ClN6O/c1-3-24-21(27-17-8-9-20-26-16(2)28-29(20)14-17)25-15-22(10-12-30-13-11-22)18-6-4-5-7-19(18)23/h4-7,17H,3,8-15H2,1-2H3,(H2,24,25,27). The lowest BCUT2D eigenvalue weighted by atomic mass is 9.74. The molecule has 2 N–H and O–H groups in total. The first-order valence-electron chi connectivity index (χ1n) is 10.9. The van der Waals surface area contributed by atoms with Gasteiger partial charge < -0.3 is 15.4 Å². The van der Waals surface area contributed by atoms with Crippen molar-refractivity contribution in [1.82, 2.24) is 25.4 Å². The van der Waals surface area contributed by atoms with Crippen LogP contribution in [0.5, 0.6) is 0 Å². The molecule has 1 aromatic heterocycles. The maximum absolute atomic E-state index is 6.59. The van der Waals surface area contributed by atoms with Gasteiger partial charge in [-0.25, -0.2) is 9.67 Å². The normalized spacial score (nSPS) is 21.2. The molecule has 30 heavy (non-hydrogen) atoms. The molecule has 7 nitrogen and oxygen atoms in total. The molecule has 2 aliphatic rings. The van der Waals surface area contributed by atoms with E-state index < -0.39 is 0 Å². The van der Waals surface area contributed by atoms with Gasteiger partial charge in [0.15, 0.2) is 5.96 Å². The number of halogens is 1. The minimum atomic E-state index is -0.0955. The predicted molar refractivity (Wildman–Crippen MR) is 119 cm³/mol. The first kappa shape index (κ1) is 21.1. The maximum atomic E-state index is 6.59. The van der Waals surface area contributed by atoms with E-state index in [-0.39, 0.29) is 11.5 Å². The number of guanidine groups is 1. The molecule has 0 spiro atoms. The van der Waals surface area contributed by atoms with E-state index in [4.69, 9.17) is 21.3 Å². The molecule has 1 aromatic carbocycles. The van der Waals surface area contributed by atoms with Crippen molar-refractivity contribution in [2.45, 2.75) is 57.5 Å². The smallest absolute Gasteiger partial charge is 0.191 e. The van der Waals surface area contributed by atoms with Crippen LogP contribution < -0.4 is 10.6 Å². The van der Waals surface area contributed by atoms with Crippen LogP contribution in [0.2, 0.25) is 5.02 Å². The topological polar surface area (TPSA) is 76.4 Å². The number of nitrogens with one attached hydrogen (secondary N) is 2. The first-order chi connectivity index (χ1) is 14.6. The summed E-state index contributed by atoms with van der Waals surface area (Å²) < 4.78 is 7.68. The molecule has 2 aliphatic heterocycles. The molecule has 0 saturated carbocycles. The zero-order valence-corrected chi connectivity index (χ0v) is 18.6. The highest BCUT2D eigenvalue weighted by molar-refractivity contribution is 6.31. The van der Waals surface area contributed by atoms with E-state index in [1.807, 2.05) is 23.7 Å². The number of aliphatic imine (C=N–C) groups is 1. The number of nitrogens with zero attached hydrogens (tertiary/aromatic N) is 4. The molecule has 1 unspecified atom stereocenters. The van der Waals surface area contributed by atoms with Gasteiger partial charge in [-0.05, 0) is 44.7 Å². The van der Waals surface area contributed by atoms with Crippen molar-refractivity contribution in [1.29, 1.82) is 0 Å². The summed E-state index contributed by atoms with van der Waals surface area (Å²) in [5.74, 6) is 2.76. The lowest BCUT2D eigenvalue weighted by Crippen LogP contribution is -2.48. The maximum Gasteiger partial charge on any atom is 0.191 e. The molecular formula is C22H31ClN6O. The van der Waals surface area contributed by atoms with Gasteiger partial charge in [-0.3, -0.25) is 4.99 Å². The highest BCUT2D eigenvalue weighted by atomic mass is 35.5. The van der Waals surface area contributed by atoms with Crippen molar-refractivity contribution >= 4 is 17.6 Å². The van der Waals surface area contributed by atoms with Crippen LogP contribution in [0.3, 0.4) is 0 Å². The lowest BCUT2D eigenvalue weighted by molar-refractivity contribution is 0.0531. The van der Waals surface area contributed by atoms with Crippen LogP contribution >= 0.6 is 11.6 Å². The van der Waals surface area contributed by atoms with Crippen molar-refractivity contribution in [3.05, 3.63) is 46.5 Å². The fourth-order valence-electron chi connectivity index (χ4n) is 4.46. The molecule has 0 amide bonds. The molecule has 0 radical (unpaired) electrons. The van der Waals surface area contributed by atoms with Crippen LogP contribution in [0.25, 0.3) is 0 Å². The number of rotatable bonds is 5. The van der Waals surface area contributed by atoms with Gasteiger partial charge in [0.1, 0.15) is 11.6 Å². The van der Waals surface area contributed by atoms with Gasteiger partial charge in [0.05, 0.1) is 13.1 Å². The van der Waals surface area contributed by atoms with Gasteiger partial charge in [-0.15, -0.1) is 0 Å². The van der Waals surface area contributed by atoms with Crippen molar-refractivity contribution in [3.63, 3.8) is 0 Å². The summed E-state index contributed by atoms with van der Waals surface area (Å²) in [6.07, 6.45) is 3.79. The summed E-state index contributed by atoms with van der Waals surface area (Å²) >= 11 is 6.59. The second-order valence-electron chi connectivity index (χ2n) is 8.21. The van der Waals surface area contributed by atoms with Crippen LogP contribution in [0.4, 0.5) is 0 Å². The van der Waals surface area contributed by atoms with Gasteiger partial charge in [0.25, 0.3) is 0 Å². The van der Waals surface area contributed by atoms with E-state index in [0.29, 0.717) is 6.54 Å². The first-order valence-corrected chi connectivity index (χ1v) is 11.3. The number of fused-ring (bicyclic) bond motifs is 1. The number of hydrogen-bond acceptors (Lipinski definition) is 4. The fourth-order valence-corrected chi connectivity index (χ4v) is 4.80. The summed E-state index contributed by atoms with van der Waals surface area (Å²) in [4.78, 5) is 9.52. The Bertz CT molecular complexity index is 890. The van der Waals surface area contributed by atoms with E-state index in [9.17, 15) is 0 Å². The Morgan fingerprint density at radius 2 is 2.13 bits per heavy atom. The molecule has 0 aliphatic carbocycles. The van der Waals surface area contributed by atoms with Crippen LogP contribution in [0.15, 0.2) is 29.3 Å². The number of aryl methyl sites for hydroxylation is 2. The van der Waals surface area contributed by atoms with Crippen LogP contribution in [0.1, 0.15) is 43.4 Å². The van der Waals surface area contributed by atoms with Gasteiger partial charge in [0.2, 0.25) is 0 Å². The Kier molecular flexibility index (Phi) is 6.58. The lowest BCUT2D eigenvalue weighted by Gasteiger charge is -2.37. The summed E-state index contributed by atoms with van der Waals surface area (Å²) in [6.45, 7) is 7.81. The second-order valence-corrected chi connectivity index (χ2v) is 8.61. The number of hydrogen-bond donors (Lipinski definition) is 2. The average molecular weight is 431 g/mol. The molecule has 4 rings (SSSR count). The molecule has 1 atom stereocenters. The van der Waals surface area contributed by atoms with Crippen molar-refractivity contribution in [2.75, 3.05) is 26.3 Å². The molecule has 1 saturated heterocycles. The van der Waals surface area contributed by atoms with Gasteiger partial charge in [-0.1, -0.05) is 29.8 Å². The fraction of sp³-hybridized carbons (Fsp3) is 0.591. The highest BCUT2D eigenvalue weighted by Gasteiger charge is 2.36. The monoisotopic (exact) mass is 430 g/mol. The quantitative estimate of drug-likeness (QED) is 0.563. The molecule has 3 heterocycles. The minimum Gasteiger partial charge on any atom is -0.381 e. The van der Waals surface area contributed by atoms with Gasteiger partial charge in [0, 0.05) is 42.7 Å². The predicted octanol–water partition coefficient (Wildman–Crippen LogP) is 2.86. The third-order valence-electron chi connectivity index (χ3n) is 6.08. The molecule has 162 valence electrons. The number of aromatic nitrogens is 3. The van der Waals surface area contributed by atoms with Crippen LogP contribution in [-0.4, -0.2) is 53.1 Å². The Morgan fingerprint density at radius 1 is 1.33 bits per heavy atom. The Hall–Kier alpha value is -2.12. The molecule has 1 fully saturated rings. The van der Waals surface area contributed by atoms with E-state index in [1.54, 1.807) is 0 Å². The van der Waals surface area contributed by atoms with E-state index in [0.717, 1.165) is 74.6 Å². The molecule has 0 bridgehead atoms. The SMILES string of the molecule is CCNC(=NCC1(c2ccccc2Cl)CCOCC1)NC1CCc2nc(C)nn2C1. The zero-order valence-electron chi connectivity index (χ0n) is 17.8. The molecule has 8 heteroatoms. The molecule has 2 aromatic rings. The Labute approximate surface area is 183 Å². The summed E-state index contributed by atoms with van der Waals surface area (Å²) in [5, 5.41) is 12.4. The van der Waals surface area contributed by atoms with Crippen molar-refractivity contribution in [2.24, 2.45) is 4.99 Å². The highest BCUT2D eigenvalue weighted by Crippen LogP contribution is 2.38. The van der Waals surface area contributed by atoms with E-state index in [2.05, 4.69) is 39.8 Å². The third kappa shape index (κ3) is 4.62. The van der Waals surface area contributed by atoms with Crippen LogP contribution in [0, 0.1) is 6.92 Å². The van der Waals surface area contributed by atoms with E-state index >= 15 is 0 Å². The zero-order chi connectivity index (χ0) is 21.0. The summed E-state index contributed by atoms with van der Waals surface area (Å²) in [5.41, 5.74) is 1.08. The van der Waals surface area contributed by atoms with Crippen molar-refractivity contribution in [3.8, 4) is 0 Å². The minimum absolute atomic E-state index is 0.0955. The number of benzene rings is 1. The largest absolute Gasteiger partial charge is 0.381 e. The summed E-state index contributed by atoms with van der Waals surface area (Å²) in [6, 6.07) is 8.44. The Balaban J connectivity index is 1.51. The average Bonchev–Trinajstić information content (AvgIpc) is 3.12.